The standard InChI is InChI=1S/C20H24N2O5S/c1-13-5-7-15(3)17(9-13)22-19(23)12-27-20(24)11-21-28(25,26)18-10-14(2)6-8-16(18)4/h5-10,21H,11-12H2,1-4H3,(H,22,23). The molecule has 8 heteroatoms. The number of hydrogen-bond donors (Lipinski definition) is 2. The van der Waals surface area contributed by atoms with Gasteiger partial charge in [-0.1, -0.05) is 24.3 Å². The summed E-state index contributed by atoms with van der Waals surface area (Å²) in [4.78, 5) is 23.9. The zero-order valence-electron chi connectivity index (χ0n) is 16.3. The fraction of sp³-hybridized carbons (Fsp3) is 0.300. The number of sulfonamides is 1. The Morgan fingerprint density at radius 1 is 0.929 bits per heavy atom. The van der Waals surface area contributed by atoms with E-state index in [9.17, 15) is 18.0 Å². The van der Waals surface area contributed by atoms with E-state index < -0.39 is 35.1 Å². The largest absolute Gasteiger partial charge is 0.455 e. The SMILES string of the molecule is Cc1ccc(C)c(NC(=O)COC(=O)CNS(=O)(=O)c2cc(C)ccc2C)c1. The van der Waals surface area contributed by atoms with Gasteiger partial charge in [0.2, 0.25) is 10.0 Å². The van der Waals surface area contributed by atoms with E-state index in [2.05, 4.69) is 10.0 Å². The Balaban J connectivity index is 1.87. The highest BCUT2D eigenvalue weighted by Gasteiger charge is 2.19. The van der Waals surface area contributed by atoms with Crippen molar-refractivity contribution < 1.29 is 22.7 Å². The second kappa shape index (κ2) is 8.99. The molecule has 1 amide bonds. The van der Waals surface area contributed by atoms with Crippen LogP contribution in [0.1, 0.15) is 22.3 Å². The first-order valence-corrected chi connectivity index (χ1v) is 10.2. The van der Waals surface area contributed by atoms with Gasteiger partial charge in [0.15, 0.2) is 6.61 Å². The molecule has 0 atom stereocenters. The Hall–Kier alpha value is -2.71. The molecule has 0 saturated heterocycles. The number of carbonyl (C=O) groups excluding carboxylic acids is 2. The summed E-state index contributed by atoms with van der Waals surface area (Å²) < 4.78 is 31.8. The van der Waals surface area contributed by atoms with Crippen molar-refractivity contribution in [3.63, 3.8) is 0 Å². The van der Waals surface area contributed by atoms with Crippen LogP contribution in [0.4, 0.5) is 5.69 Å². The first kappa shape index (κ1) is 21.6. The summed E-state index contributed by atoms with van der Waals surface area (Å²) in [6, 6.07) is 10.6. The number of anilines is 1. The summed E-state index contributed by atoms with van der Waals surface area (Å²) in [5, 5.41) is 2.66. The Labute approximate surface area is 165 Å². The maximum Gasteiger partial charge on any atom is 0.321 e. The van der Waals surface area contributed by atoms with Crippen molar-refractivity contribution in [1.29, 1.82) is 0 Å². The van der Waals surface area contributed by atoms with Crippen LogP contribution in [-0.2, 0) is 24.3 Å². The van der Waals surface area contributed by atoms with Crippen LogP contribution in [0.3, 0.4) is 0 Å². The lowest BCUT2D eigenvalue weighted by Crippen LogP contribution is -2.32. The van der Waals surface area contributed by atoms with Gasteiger partial charge in [0.1, 0.15) is 6.54 Å². The highest BCUT2D eigenvalue weighted by atomic mass is 32.2. The molecule has 0 fully saturated rings. The Morgan fingerprint density at radius 2 is 1.54 bits per heavy atom. The molecule has 0 radical (unpaired) electrons. The van der Waals surface area contributed by atoms with Crippen LogP contribution in [-0.4, -0.2) is 33.4 Å². The number of benzene rings is 2. The van der Waals surface area contributed by atoms with E-state index in [0.717, 1.165) is 16.7 Å². The van der Waals surface area contributed by atoms with Crippen molar-refractivity contribution >= 4 is 27.6 Å². The van der Waals surface area contributed by atoms with E-state index in [1.807, 2.05) is 32.0 Å². The van der Waals surface area contributed by atoms with Gasteiger partial charge >= 0.3 is 5.97 Å². The summed E-state index contributed by atoms with van der Waals surface area (Å²) in [5.41, 5.74) is 3.86. The van der Waals surface area contributed by atoms with E-state index in [1.54, 1.807) is 26.0 Å². The summed E-state index contributed by atoms with van der Waals surface area (Å²) in [6.45, 7) is 6.13. The van der Waals surface area contributed by atoms with Gasteiger partial charge in [0, 0.05) is 5.69 Å². The molecule has 0 spiro atoms. The van der Waals surface area contributed by atoms with Gasteiger partial charge in [0.05, 0.1) is 4.90 Å². The van der Waals surface area contributed by atoms with Crippen LogP contribution in [0.2, 0.25) is 0 Å². The Morgan fingerprint density at radius 3 is 2.21 bits per heavy atom. The first-order valence-electron chi connectivity index (χ1n) is 8.68. The second-order valence-corrected chi connectivity index (χ2v) is 8.36. The lowest BCUT2D eigenvalue weighted by atomic mass is 10.1. The van der Waals surface area contributed by atoms with Crippen LogP contribution in [0.15, 0.2) is 41.3 Å². The van der Waals surface area contributed by atoms with Gasteiger partial charge in [-0.2, -0.15) is 4.72 Å². The number of ether oxygens (including phenoxy) is 1. The van der Waals surface area contributed by atoms with E-state index >= 15 is 0 Å². The molecule has 28 heavy (non-hydrogen) atoms. The van der Waals surface area contributed by atoms with Gasteiger partial charge in [0.25, 0.3) is 5.91 Å². The van der Waals surface area contributed by atoms with E-state index in [1.165, 1.54) is 6.07 Å². The molecule has 150 valence electrons. The van der Waals surface area contributed by atoms with E-state index in [4.69, 9.17) is 4.74 Å². The number of nitrogens with one attached hydrogen (secondary N) is 2. The predicted octanol–water partition coefficient (Wildman–Crippen LogP) is 2.38. The molecule has 0 aromatic heterocycles. The van der Waals surface area contributed by atoms with Gasteiger partial charge in [-0.05, 0) is 62.1 Å². The number of hydrogen-bond acceptors (Lipinski definition) is 5. The Bertz CT molecular complexity index is 1000. The van der Waals surface area contributed by atoms with Gasteiger partial charge < -0.3 is 10.1 Å². The molecule has 0 saturated carbocycles. The summed E-state index contributed by atoms with van der Waals surface area (Å²) >= 11 is 0. The second-order valence-electron chi connectivity index (χ2n) is 6.62. The fourth-order valence-electron chi connectivity index (χ4n) is 2.48. The quantitative estimate of drug-likeness (QED) is 0.690. The molecule has 0 aliphatic heterocycles. The summed E-state index contributed by atoms with van der Waals surface area (Å²) in [7, 11) is -3.86. The maximum atomic E-state index is 12.4. The normalized spacial score (nSPS) is 11.1. The van der Waals surface area contributed by atoms with Crippen molar-refractivity contribution in [2.24, 2.45) is 0 Å². The number of esters is 1. The average Bonchev–Trinajstić information content (AvgIpc) is 2.63. The third kappa shape index (κ3) is 5.90. The average molecular weight is 404 g/mol. The molecule has 0 aliphatic rings. The van der Waals surface area contributed by atoms with Crippen molar-refractivity contribution in [3.05, 3.63) is 58.7 Å². The zero-order chi connectivity index (χ0) is 20.9. The lowest BCUT2D eigenvalue weighted by Gasteiger charge is -2.11. The van der Waals surface area contributed by atoms with E-state index in [0.29, 0.717) is 11.3 Å². The number of aryl methyl sites for hydroxylation is 4. The van der Waals surface area contributed by atoms with Gasteiger partial charge in [-0.25, -0.2) is 8.42 Å². The fourth-order valence-corrected chi connectivity index (χ4v) is 3.78. The molecule has 2 rings (SSSR count). The Kier molecular flexibility index (Phi) is 6.93. The van der Waals surface area contributed by atoms with Crippen molar-refractivity contribution in [3.8, 4) is 0 Å². The number of carbonyl (C=O) groups is 2. The number of rotatable bonds is 7. The van der Waals surface area contributed by atoms with Crippen molar-refractivity contribution in [1.82, 2.24) is 4.72 Å². The van der Waals surface area contributed by atoms with Crippen LogP contribution in [0.25, 0.3) is 0 Å². The third-order valence-electron chi connectivity index (χ3n) is 4.07. The minimum absolute atomic E-state index is 0.105. The van der Waals surface area contributed by atoms with Gasteiger partial charge in [-0.3, -0.25) is 9.59 Å². The van der Waals surface area contributed by atoms with Gasteiger partial charge in [-0.15, -0.1) is 0 Å². The summed E-state index contributed by atoms with van der Waals surface area (Å²) in [5.74, 6) is -1.34. The number of amides is 1. The van der Waals surface area contributed by atoms with Crippen LogP contribution >= 0.6 is 0 Å². The molecule has 0 bridgehead atoms. The molecule has 7 nitrogen and oxygen atoms in total. The van der Waals surface area contributed by atoms with Crippen LogP contribution in [0, 0.1) is 27.7 Å². The summed E-state index contributed by atoms with van der Waals surface area (Å²) in [6.07, 6.45) is 0. The topological polar surface area (TPSA) is 102 Å². The molecular formula is C20H24N2O5S. The molecular weight excluding hydrogens is 380 g/mol. The molecule has 0 aliphatic carbocycles. The molecule has 0 unspecified atom stereocenters. The lowest BCUT2D eigenvalue weighted by molar-refractivity contribution is -0.146. The molecule has 2 aromatic rings. The van der Waals surface area contributed by atoms with E-state index in [-0.39, 0.29) is 4.90 Å². The molecule has 2 N–H and O–H groups in total. The highest BCUT2D eigenvalue weighted by molar-refractivity contribution is 7.89. The van der Waals surface area contributed by atoms with Crippen molar-refractivity contribution in [2.75, 3.05) is 18.5 Å². The van der Waals surface area contributed by atoms with Crippen LogP contribution < -0.4 is 10.0 Å². The minimum atomic E-state index is -3.86. The maximum absolute atomic E-state index is 12.4. The van der Waals surface area contributed by atoms with Crippen molar-refractivity contribution in [2.45, 2.75) is 32.6 Å². The molecule has 2 aromatic carbocycles. The third-order valence-corrected chi connectivity index (χ3v) is 5.61. The first-order chi connectivity index (χ1) is 13.1. The smallest absolute Gasteiger partial charge is 0.321 e. The zero-order valence-corrected chi connectivity index (χ0v) is 17.1. The predicted molar refractivity (Wildman–Crippen MR) is 107 cm³/mol. The minimum Gasteiger partial charge on any atom is -0.455 e. The molecule has 0 heterocycles. The highest BCUT2D eigenvalue weighted by Crippen LogP contribution is 2.17. The van der Waals surface area contributed by atoms with Crippen LogP contribution in [0.5, 0.6) is 0 Å². The monoisotopic (exact) mass is 404 g/mol.